The van der Waals surface area contributed by atoms with Crippen LogP contribution in [0.4, 0.5) is 0 Å². The van der Waals surface area contributed by atoms with Gasteiger partial charge < -0.3 is 10.1 Å². The maximum Gasteiger partial charge on any atom is 0.255 e. The van der Waals surface area contributed by atoms with Crippen LogP contribution in [0.1, 0.15) is 38.1 Å². The van der Waals surface area contributed by atoms with Gasteiger partial charge in [-0.2, -0.15) is 0 Å². The van der Waals surface area contributed by atoms with Crippen LogP contribution in [0.3, 0.4) is 0 Å². The number of halogens is 2. The Morgan fingerprint density at radius 3 is 2.33 bits per heavy atom. The van der Waals surface area contributed by atoms with Crippen molar-refractivity contribution in [3.05, 3.63) is 26.3 Å². The number of benzene rings is 1. The fraction of sp³-hybridized carbons (Fsp3) is 0.562. The summed E-state index contributed by atoms with van der Waals surface area (Å²) in [5.74, 6) is 1.89. The zero-order valence-corrected chi connectivity index (χ0v) is 16.1. The lowest BCUT2D eigenvalue weighted by molar-refractivity contribution is 0.0934. The molecule has 1 N–H and O–H groups in total. The summed E-state index contributed by atoms with van der Waals surface area (Å²) < 4.78 is 6.15. The van der Waals surface area contributed by atoms with Gasteiger partial charge in [-0.05, 0) is 52.5 Å². The number of amides is 1. The predicted molar refractivity (Wildman–Crippen MR) is 96.2 cm³/mol. The van der Waals surface area contributed by atoms with Crippen molar-refractivity contribution in [1.82, 2.24) is 5.32 Å². The second-order valence-corrected chi connectivity index (χ2v) is 7.40. The smallest absolute Gasteiger partial charge is 0.255 e. The molecule has 0 saturated heterocycles. The van der Waals surface area contributed by atoms with Crippen LogP contribution in [-0.2, 0) is 0 Å². The molecule has 21 heavy (non-hydrogen) atoms. The van der Waals surface area contributed by atoms with Crippen molar-refractivity contribution in [2.75, 3.05) is 13.7 Å². The van der Waals surface area contributed by atoms with E-state index in [4.69, 9.17) is 16.3 Å². The van der Waals surface area contributed by atoms with Gasteiger partial charge in [-0.25, -0.2) is 0 Å². The first-order valence-corrected chi connectivity index (χ1v) is 8.54. The maximum absolute atomic E-state index is 12.4. The molecule has 0 atom stereocenters. The van der Waals surface area contributed by atoms with E-state index in [0.717, 1.165) is 3.57 Å². The van der Waals surface area contributed by atoms with Gasteiger partial charge in [0.2, 0.25) is 0 Å². The first-order chi connectivity index (χ1) is 9.77. The van der Waals surface area contributed by atoms with Gasteiger partial charge in [0.15, 0.2) is 0 Å². The molecule has 118 valence electrons. The Labute approximate surface area is 145 Å². The molecule has 1 rings (SSSR count). The number of hydrogen-bond acceptors (Lipinski definition) is 2. The normalized spacial score (nSPS) is 11.3. The van der Waals surface area contributed by atoms with Crippen LogP contribution < -0.4 is 10.1 Å². The van der Waals surface area contributed by atoms with Gasteiger partial charge in [0, 0.05) is 10.1 Å². The summed E-state index contributed by atoms with van der Waals surface area (Å²) in [6.45, 7) is 9.37. The second kappa shape index (κ2) is 8.22. The lowest BCUT2D eigenvalue weighted by atomic mass is 9.85. The molecule has 0 aliphatic heterocycles. The molecule has 0 aliphatic rings. The minimum atomic E-state index is -0.142. The molecule has 0 spiro atoms. The second-order valence-electron chi connectivity index (χ2n) is 5.83. The first kappa shape index (κ1) is 18.6. The number of nitrogens with one attached hydrogen (secondary N) is 1. The highest BCUT2D eigenvalue weighted by Gasteiger charge is 2.20. The Morgan fingerprint density at radius 1 is 1.29 bits per heavy atom. The fourth-order valence-electron chi connectivity index (χ4n) is 2.42. The van der Waals surface area contributed by atoms with E-state index in [1.54, 1.807) is 19.2 Å². The van der Waals surface area contributed by atoms with Crippen molar-refractivity contribution in [2.45, 2.75) is 27.7 Å². The summed E-state index contributed by atoms with van der Waals surface area (Å²) in [7, 11) is 1.56. The lowest BCUT2D eigenvalue weighted by Crippen LogP contribution is -2.34. The number of carbonyl (C=O) groups excluding carboxylic acids is 1. The summed E-state index contributed by atoms with van der Waals surface area (Å²) in [6, 6.07) is 3.44. The highest BCUT2D eigenvalue weighted by atomic mass is 127. The Balaban J connectivity index is 2.87. The predicted octanol–water partition coefficient (Wildman–Crippen LogP) is 4.61. The van der Waals surface area contributed by atoms with Crippen LogP contribution in [0, 0.1) is 21.3 Å². The third kappa shape index (κ3) is 5.02. The highest BCUT2D eigenvalue weighted by molar-refractivity contribution is 14.1. The van der Waals surface area contributed by atoms with Gasteiger partial charge in [-0.15, -0.1) is 0 Å². The molecular weight excluding hydrogens is 401 g/mol. The van der Waals surface area contributed by atoms with Crippen LogP contribution in [-0.4, -0.2) is 19.6 Å². The third-order valence-corrected chi connectivity index (χ3v) is 5.22. The van der Waals surface area contributed by atoms with Gasteiger partial charge in [0.25, 0.3) is 5.91 Å². The van der Waals surface area contributed by atoms with Crippen LogP contribution >= 0.6 is 34.2 Å². The van der Waals surface area contributed by atoms with Crippen LogP contribution in [0.25, 0.3) is 0 Å². The molecule has 0 unspecified atom stereocenters. The Hall–Kier alpha value is -0.490. The minimum Gasteiger partial charge on any atom is -0.496 e. The van der Waals surface area contributed by atoms with E-state index >= 15 is 0 Å². The molecule has 0 saturated carbocycles. The average molecular weight is 424 g/mol. The average Bonchev–Trinajstić information content (AvgIpc) is 2.40. The van der Waals surface area contributed by atoms with Crippen LogP contribution in [0.15, 0.2) is 12.1 Å². The van der Waals surface area contributed by atoms with Gasteiger partial charge in [-0.3, -0.25) is 4.79 Å². The monoisotopic (exact) mass is 423 g/mol. The Bertz CT molecular complexity index is 495. The number of methoxy groups -OCH3 is 1. The number of carbonyl (C=O) groups is 1. The van der Waals surface area contributed by atoms with Crippen molar-refractivity contribution < 1.29 is 9.53 Å². The third-order valence-electron chi connectivity index (χ3n) is 3.70. The molecule has 0 heterocycles. The standard InChI is InChI=1S/C16H23ClINO2/c1-9(2)12(10(3)4)8-19-16(20)11-6-13(17)14(18)7-15(11)21-5/h6-7,9-10,12H,8H2,1-5H3,(H,19,20). The van der Waals surface area contributed by atoms with Gasteiger partial charge in [0.1, 0.15) is 5.75 Å². The van der Waals surface area contributed by atoms with Crippen LogP contribution in [0.2, 0.25) is 5.02 Å². The molecule has 0 bridgehead atoms. The van der Waals surface area contributed by atoms with Crippen LogP contribution in [0.5, 0.6) is 5.75 Å². The summed E-state index contributed by atoms with van der Waals surface area (Å²) in [4.78, 5) is 12.4. The number of ether oxygens (including phenoxy) is 1. The lowest BCUT2D eigenvalue weighted by Gasteiger charge is -2.25. The Kier molecular flexibility index (Phi) is 7.27. The SMILES string of the molecule is COc1cc(I)c(Cl)cc1C(=O)NCC(C(C)C)C(C)C. The number of rotatable bonds is 6. The van der Waals surface area contributed by atoms with Gasteiger partial charge in [-0.1, -0.05) is 39.3 Å². The zero-order valence-electron chi connectivity index (χ0n) is 13.2. The summed E-state index contributed by atoms with van der Waals surface area (Å²) in [5, 5.41) is 3.56. The van der Waals surface area contributed by atoms with Crippen molar-refractivity contribution in [3.63, 3.8) is 0 Å². The topological polar surface area (TPSA) is 38.3 Å². The Morgan fingerprint density at radius 2 is 1.86 bits per heavy atom. The quantitative estimate of drug-likeness (QED) is 0.679. The van der Waals surface area contributed by atoms with Gasteiger partial charge in [0.05, 0.1) is 17.7 Å². The van der Waals surface area contributed by atoms with E-state index in [-0.39, 0.29) is 5.91 Å². The van der Waals surface area contributed by atoms with E-state index in [0.29, 0.717) is 40.6 Å². The molecule has 0 radical (unpaired) electrons. The largest absolute Gasteiger partial charge is 0.496 e. The fourth-order valence-corrected chi connectivity index (χ4v) is 3.02. The summed E-state index contributed by atoms with van der Waals surface area (Å²) in [6.07, 6.45) is 0. The maximum atomic E-state index is 12.4. The van der Waals surface area contributed by atoms with E-state index in [9.17, 15) is 4.79 Å². The molecule has 3 nitrogen and oxygen atoms in total. The molecule has 5 heteroatoms. The molecule has 1 aromatic carbocycles. The molecule has 1 aromatic rings. The van der Waals surface area contributed by atoms with E-state index in [1.807, 2.05) is 0 Å². The van der Waals surface area contributed by atoms with Crippen molar-refractivity contribution in [3.8, 4) is 5.75 Å². The van der Waals surface area contributed by atoms with E-state index < -0.39 is 0 Å². The van der Waals surface area contributed by atoms with E-state index in [2.05, 4.69) is 55.6 Å². The molecule has 1 amide bonds. The number of hydrogen-bond donors (Lipinski definition) is 1. The summed E-state index contributed by atoms with van der Waals surface area (Å²) in [5.41, 5.74) is 0.481. The molecule has 0 fully saturated rings. The van der Waals surface area contributed by atoms with Crippen molar-refractivity contribution >= 4 is 40.1 Å². The molecular formula is C16H23ClINO2. The van der Waals surface area contributed by atoms with Gasteiger partial charge >= 0.3 is 0 Å². The van der Waals surface area contributed by atoms with Crippen molar-refractivity contribution in [2.24, 2.45) is 17.8 Å². The van der Waals surface area contributed by atoms with Crippen molar-refractivity contribution in [1.29, 1.82) is 0 Å². The zero-order chi connectivity index (χ0) is 16.2. The summed E-state index contributed by atoms with van der Waals surface area (Å²) >= 11 is 8.23. The highest BCUT2D eigenvalue weighted by Crippen LogP contribution is 2.28. The minimum absolute atomic E-state index is 0.142. The molecule has 0 aromatic heterocycles. The molecule has 0 aliphatic carbocycles. The first-order valence-electron chi connectivity index (χ1n) is 7.09. The van der Waals surface area contributed by atoms with E-state index in [1.165, 1.54) is 0 Å².